The Morgan fingerprint density at radius 1 is 1.32 bits per heavy atom. The number of fused-ring (bicyclic) bond motifs is 1. The lowest BCUT2D eigenvalue weighted by molar-refractivity contribution is 0.409. The van der Waals surface area contributed by atoms with Gasteiger partial charge in [0.25, 0.3) is 0 Å². The highest BCUT2D eigenvalue weighted by atomic mass is 32.1. The zero-order valence-corrected chi connectivity index (χ0v) is 15.3. The average molecular weight is 357 g/mol. The number of para-hydroxylation sites is 1. The molecule has 3 rings (SSSR count). The van der Waals surface area contributed by atoms with Gasteiger partial charge in [0, 0.05) is 18.5 Å². The van der Waals surface area contributed by atoms with E-state index in [1.54, 1.807) is 13.2 Å². The van der Waals surface area contributed by atoms with E-state index >= 15 is 0 Å². The summed E-state index contributed by atoms with van der Waals surface area (Å²) < 4.78 is 21.0. The molecule has 6 heteroatoms. The molecule has 3 aromatic rings. The number of aryl methyl sites for hydroxylation is 2. The highest BCUT2D eigenvalue weighted by molar-refractivity contribution is 7.80. The van der Waals surface area contributed by atoms with Crippen molar-refractivity contribution in [3.63, 3.8) is 0 Å². The van der Waals surface area contributed by atoms with E-state index in [-0.39, 0.29) is 5.82 Å². The molecule has 0 aliphatic heterocycles. The zero-order chi connectivity index (χ0) is 18.0. The number of aromatic nitrogens is 2. The predicted octanol–water partition coefficient (Wildman–Crippen LogP) is 4.49. The molecule has 0 amide bonds. The van der Waals surface area contributed by atoms with Crippen LogP contribution in [0.15, 0.2) is 36.4 Å². The quantitative estimate of drug-likeness (QED) is 0.683. The standard InChI is InChI=1S/C19H20FN3OS/c1-4-23-12(2)21-15-6-5-7-16(19(15)23)22-18(25)11-13-10-14(20)8-9-17(13)24-3/h5-10H,4,11H2,1-3H3,(H,22,25). The van der Waals surface area contributed by atoms with Crippen LogP contribution in [0, 0.1) is 12.7 Å². The SMILES string of the molecule is CCn1c(C)nc2cccc(NC(=S)Cc3cc(F)ccc3OC)c21. The maximum atomic E-state index is 13.5. The van der Waals surface area contributed by atoms with E-state index in [4.69, 9.17) is 17.0 Å². The van der Waals surface area contributed by atoms with Crippen LogP contribution in [0.2, 0.25) is 0 Å². The molecule has 2 aromatic carbocycles. The molecule has 0 saturated carbocycles. The number of rotatable bonds is 5. The van der Waals surface area contributed by atoms with Crippen LogP contribution in [0.4, 0.5) is 10.1 Å². The van der Waals surface area contributed by atoms with Crippen LogP contribution in [0.5, 0.6) is 5.75 Å². The molecule has 0 aliphatic rings. The first-order valence-corrected chi connectivity index (χ1v) is 8.52. The summed E-state index contributed by atoms with van der Waals surface area (Å²) in [6.07, 6.45) is 0.395. The van der Waals surface area contributed by atoms with Crippen molar-refractivity contribution in [1.29, 1.82) is 0 Å². The van der Waals surface area contributed by atoms with Gasteiger partial charge in [0.05, 0.1) is 28.8 Å². The third-order valence-corrected chi connectivity index (χ3v) is 4.39. The lowest BCUT2D eigenvalue weighted by Gasteiger charge is -2.13. The molecule has 4 nitrogen and oxygen atoms in total. The van der Waals surface area contributed by atoms with E-state index in [1.807, 2.05) is 25.1 Å². The van der Waals surface area contributed by atoms with Crippen molar-refractivity contribution in [3.8, 4) is 5.75 Å². The summed E-state index contributed by atoms with van der Waals surface area (Å²) >= 11 is 5.50. The van der Waals surface area contributed by atoms with Gasteiger partial charge in [-0.3, -0.25) is 0 Å². The van der Waals surface area contributed by atoms with Gasteiger partial charge in [-0.05, 0) is 44.2 Å². The second-order valence-corrected chi connectivity index (χ2v) is 6.25. The van der Waals surface area contributed by atoms with Crippen molar-refractivity contribution in [2.24, 2.45) is 0 Å². The number of halogens is 1. The van der Waals surface area contributed by atoms with Crippen LogP contribution in [-0.4, -0.2) is 21.6 Å². The molecule has 0 bridgehead atoms. The van der Waals surface area contributed by atoms with Crippen molar-refractivity contribution in [2.45, 2.75) is 26.8 Å². The molecule has 0 spiro atoms. The number of nitrogens with zero attached hydrogens (tertiary/aromatic N) is 2. The first-order valence-electron chi connectivity index (χ1n) is 8.11. The number of thiocarbonyl (C=S) groups is 1. The van der Waals surface area contributed by atoms with Crippen LogP contribution in [0.1, 0.15) is 18.3 Å². The summed E-state index contributed by atoms with van der Waals surface area (Å²) in [6, 6.07) is 10.4. The summed E-state index contributed by atoms with van der Waals surface area (Å²) in [5.74, 6) is 1.28. The second kappa shape index (κ2) is 7.19. The number of methoxy groups -OCH3 is 1. The Labute approximate surface area is 151 Å². The van der Waals surface area contributed by atoms with Crippen molar-refractivity contribution in [1.82, 2.24) is 9.55 Å². The molecule has 0 atom stereocenters. The van der Waals surface area contributed by atoms with Crippen molar-refractivity contribution < 1.29 is 9.13 Å². The van der Waals surface area contributed by atoms with Gasteiger partial charge in [0.15, 0.2) is 0 Å². The smallest absolute Gasteiger partial charge is 0.123 e. The Morgan fingerprint density at radius 2 is 2.12 bits per heavy atom. The Hall–Kier alpha value is -2.47. The summed E-state index contributed by atoms with van der Waals surface area (Å²) in [7, 11) is 1.57. The van der Waals surface area contributed by atoms with Gasteiger partial charge in [-0.15, -0.1) is 0 Å². The number of benzene rings is 2. The number of nitrogens with one attached hydrogen (secondary N) is 1. The van der Waals surface area contributed by atoms with Gasteiger partial charge in [-0.1, -0.05) is 18.3 Å². The van der Waals surface area contributed by atoms with E-state index in [9.17, 15) is 4.39 Å². The van der Waals surface area contributed by atoms with Crippen LogP contribution in [-0.2, 0) is 13.0 Å². The number of hydrogen-bond acceptors (Lipinski definition) is 3. The molecular weight excluding hydrogens is 337 g/mol. The lowest BCUT2D eigenvalue weighted by Crippen LogP contribution is -2.14. The fourth-order valence-electron chi connectivity index (χ4n) is 3.04. The number of hydrogen-bond donors (Lipinski definition) is 1. The normalized spacial score (nSPS) is 10.9. The predicted molar refractivity (Wildman–Crippen MR) is 103 cm³/mol. The minimum atomic E-state index is -0.305. The van der Waals surface area contributed by atoms with E-state index < -0.39 is 0 Å². The van der Waals surface area contributed by atoms with Gasteiger partial charge in [0.1, 0.15) is 17.4 Å². The Morgan fingerprint density at radius 3 is 2.84 bits per heavy atom. The summed E-state index contributed by atoms with van der Waals surface area (Å²) in [5.41, 5.74) is 3.57. The zero-order valence-electron chi connectivity index (χ0n) is 14.5. The largest absolute Gasteiger partial charge is 0.496 e. The van der Waals surface area contributed by atoms with Crippen molar-refractivity contribution in [3.05, 3.63) is 53.6 Å². The number of ether oxygens (including phenoxy) is 1. The summed E-state index contributed by atoms with van der Waals surface area (Å²) in [6.45, 7) is 4.90. The van der Waals surface area contributed by atoms with Crippen LogP contribution in [0.3, 0.4) is 0 Å². The number of anilines is 1. The van der Waals surface area contributed by atoms with Crippen molar-refractivity contribution in [2.75, 3.05) is 12.4 Å². The van der Waals surface area contributed by atoms with E-state index in [2.05, 4.69) is 21.8 Å². The van der Waals surface area contributed by atoms with Gasteiger partial charge in [-0.25, -0.2) is 9.37 Å². The first kappa shape index (κ1) is 17.4. The highest BCUT2D eigenvalue weighted by Crippen LogP contribution is 2.26. The Bertz CT molecular complexity index is 936. The lowest BCUT2D eigenvalue weighted by atomic mass is 10.1. The molecule has 0 saturated heterocycles. The maximum Gasteiger partial charge on any atom is 0.123 e. The van der Waals surface area contributed by atoms with Gasteiger partial charge < -0.3 is 14.6 Å². The third kappa shape index (κ3) is 3.49. The van der Waals surface area contributed by atoms with Crippen LogP contribution < -0.4 is 10.1 Å². The minimum absolute atomic E-state index is 0.305. The fourth-order valence-corrected chi connectivity index (χ4v) is 3.31. The van der Waals surface area contributed by atoms with E-state index in [1.165, 1.54) is 12.1 Å². The molecule has 1 N–H and O–H groups in total. The third-order valence-electron chi connectivity index (χ3n) is 4.14. The molecular formula is C19H20FN3OS. The van der Waals surface area contributed by atoms with Crippen LogP contribution >= 0.6 is 12.2 Å². The summed E-state index contributed by atoms with van der Waals surface area (Å²) in [4.78, 5) is 5.18. The number of imidazole rings is 1. The molecule has 0 aliphatic carbocycles. The topological polar surface area (TPSA) is 39.1 Å². The Balaban J connectivity index is 1.89. The first-order chi connectivity index (χ1) is 12.0. The average Bonchev–Trinajstić information content (AvgIpc) is 2.91. The minimum Gasteiger partial charge on any atom is -0.496 e. The maximum absolute atomic E-state index is 13.5. The monoisotopic (exact) mass is 357 g/mol. The Kier molecular flexibility index (Phi) is 4.99. The highest BCUT2D eigenvalue weighted by Gasteiger charge is 2.13. The molecule has 1 heterocycles. The van der Waals surface area contributed by atoms with Crippen LogP contribution in [0.25, 0.3) is 11.0 Å². The molecule has 0 unspecified atom stereocenters. The van der Waals surface area contributed by atoms with E-state index in [0.29, 0.717) is 22.7 Å². The molecule has 1 aromatic heterocycles. The molecule has 0 fully saturated rings. The van der Waals surface area contributed by atoms with Gasteiger partial charge >= 0.3 is 0 Å². The fraction of sp³-hybridized carbons (Fsp3) is 0.263. The molecule has 0 radical (unpaired) electrons. The molecule has 25 heavy (non-hydrogen) atoms. The molecule has 130 valence electrons. The van der Waals surface area contributed by atoms with E-state index in [0.717, 1.165) is 29.1 Å². The van der Waals surface area contributed by atoms with Crippen molar-refractivity contribution >= 4 is 33.9 Å². The second-order valence-electron chi connectivity index (χ2n) is 5.76. The summed E-state index contributed by atoms with van der Waals surface area (Å²) in [5, 5.41) is 3.28. The van der Waals surface area contributed by atoms with Gasteiger partial charge in [-0.2, -0.15) is 0 Å². The van der Waals surface area contributed by atoms with Gasteiger partial charge in [0.2, 0.25) is 0 Å².